The first-order valence-electron chi connectivity index (χ1n) is 6.64. The summed E-state index contributed by atoms with van der Waals surface area (Å²) < 4.78 is 38.7. The molecule has 8 heteroatoms. The summed E-state index contributed by atoms with van der Waals surface area (Å²) in [6.45, 7) is 1.92. The maximum Gasteiger partial charge on any atom is 0.435 e. The molecule has 0 saturated heterocycles. The van der Waals surface area contributed by atoms with Gasteiger partial charge < -0.3 is 0 Å². The van der Waals surface area contributed by atoms with Gasteiger partial charge in [0.25, 0.3) is 5.56 Å². The predicted octanol–water partition coefficient (Wildman–Crippen LogP) is 2.95. The highest BCUT2D eigenvalue weighted by Crippen LogP contribution is 2.27. The van der Waals surface area contributed by atoms with Gasteiger partial charge in [0.15, 0.2) is 5.69 Å². The second-order valence-electron chi connectivity index (χ2n) is 4.96. The van der Waals surface area contributed by atoms with Gasteiger partial charge in [0.1, 0.15) is 0 Å². The van der Waals surface area contributed by atoms with Crippen LogP contribution in [0.5, 0.6) is 0 Å². The Labute approximate surface area is 128 Å². The van der Waals surface area contributed by atoms with Gasteiger partial charge in [-0.25, -0.2) is 9.67 Å². The molecular formula is C15H11F3N4O. The molecule has 1 N–H and O–H groups in total. The molecule has 0 fully saturated rings. The first-order valence-corrected chi connectivity index (χ1v) is 6.64. The van der Waals surface area contributed by atoms with Gasteiger partial charge in [-0.1, -0.05) is 29.8 Å². The molecule has 0 aliphatic heterocycles. The Morgan fingerprint density at radius 3 is 2.43 bits per heavy atom. The number of aromatic amines is 1. The van der Waals surface area contributed by atoms with E-state index in [1.165, 1.54) is 6.07 Å². The van der Waals surface area contributed by atoms with Crippen LogP contribution in [0, 0.1) is 6.92 Å². The van der Waals surface area contributed by atoms with Crippen LogP contribution in [-0.2, 0) is 6.18 Å². The van der Waals surface area contributed by atoms with Crippen molar-refractivity contribution in [1.29, 1.82) is 0 Å². The summed E-state index contributed by atoms with van der Waals surface area (Å²) >= 11 is 0. The van der Waals surface area contributed by atoms with Crippen molar-refractivity contribution in [1.82, 2.24) is 19.7 Å². The first-order chi connectivity index (χ1) is 10.8. The number of nitrogens with zero attached hydrogens (tertiary/aromatic N) is 3. The highest BCUT2D eigenvalue weighted by atomic mass is 19.4. The molecule has 0 atom stereocenters. The topological polar surface area (TPSA) is 63.6 Å². The van der Waals surface area contributed by atoms with Crippen LogP contribution >= 0.6 is 0 Å². The number of hydrogen-bond acceptors (Lipinski definition) is 3. The average molecular weight is 320 g/mol. The Morgan fingerprint density at radius 2 is 1.83 bits per heavy atom. The van der Waals surface area contributed by atoms with Gasteiger partial charge in [-0.2, -0.15) is 18.3 Å². The van der Waals surface area contributed by atoms with Gasteiger partial charge in [-0.3, -0.25) is 9.78 Å². The van der Waals surface area contributed by atoms with Crippen LogP contribution < -0.4 is 5.56 Å². The van der Waals surface area contributed by atoms with E-state index in [1.54, 1.807) is 12.1 Å². The summed E-state index contributed by atoms with van der Waals surface area (Å²) in [7, 11) is 0. The summed E-state index contributed by atoms with van der Waals surface area (Å²) in [6.07, 6.45) is -3.46. The maximum atomic E-state index is 12.6. The van der Waals surface area contributed by atoms with Crippen molar-refractivity contribution in [3.05, 3.63) is 64.2 Å². The number of benzene rings is 1. The Bertz CT molecular complexity index is 894. The SMILES string of the molecule is Cc1ccc(-c2cc(=O)[nH]c(-n3ccc(C(F)(F)F)n3)n2)cc1. The molecule has 23 heavy (non-hydrogen) atoms. The lowest BCUT2D eigenvalue weighted by Gasteiger charge is -2.05. The van der Waals surface area contributed by atoms with E-state index in [4.69, 9.17) is 0 Å². The molecule has 5 nitrogen and oxygen atoms in total. The largest absolute Gasteiger partial charge is 0.435 e. The van der Waals surface area contributed by atoms with E-state index in [1.807, 2.05) is 19.1 Å². The minimum Gasteiger partial charge on any atom is -0.291 e. The number of H-pyrrole nitrogens is 1. The van der Waals surface area contributed by atoms with E-state index in [0.717, 1.165) is 22.5 Å². The van der Waals surface area contributed by atoms with Crippen molar-refractivity contribution in [3.63, 3.8) is 0 Å². The Hall–Kier alpha value is -2.90. The predicted molar refractivity (Wildman–Crippen MR) is 77.2 cm³/mol. The van der Waals surface area contributed by atoms with E-state index in [9.17, 15) is 18.0 Å². The normalized spacial score (nSPS) is 11.7. The Balaban J connectivity index is 2.06. The number of aromatic nitrogens is 4. The first kappa shape index (κ1) is 15.0. The number of hydrogen-bond donors (Lipinski definition) is 1. The molecule has 0 amide bonds. The van der Waals surface area contributed by atoms with Crippen LogP contribution in [0.4, 0.5) is 13.2 Å². The fourth-order valence-corrected chi connectivity index (χ4v) is 2.02. The van der Waals surface area contributed by atoms with E-state index in [0.29, 0.717) is 11.3 Å². The molecule has 0 saturated carbocycles. The smallest absolute Gasteiger partial charge is 0.291 e. The zero-order valence-corrected chi connectivity index (χ0v) is 11.9. The molecule has 2 heterocycles. The molecular weight excluding hydrogens is 309 g/mol. The molecule has 2 aromatic heterocycles. The number of rotatable bonds is 2. The van der Waals surface area contributed by atoms with Gasteiger partial charge in [0.05, 0.1) is 5.69 Å². The van der Waals surface area contributed by atoms with Crippen LogP contribution in [0.15, 0.2) is 47.4 Å². The van der Waals surface area contributed by atoms with E-state index >= 15 is 0 Å². The molecule has 118 valence electrons. The summed E-state index contributed by atoms with van der Waals surface area (Å²) in [4.78, 5) is 18.3. The minimum atomic E-state index is -4.56. The lowest BCUT2D eigenvalue weighted by Crippen LogP contribution is -2.14. The third-order valence-electron chi connectivity index (χ3n) is 3.17. The number of halogens is 3. The molecule has 3 aromatic rings. The van der Waals surface area contributed by atoms with E-state index in [-0.39, 0.29) is 5.95 Å². The van der Waals surface area contributed by atoms with Crippen molar-refractivity contribution >= 4 is 0 Å². The zero-order valence-electron chi connectivity index (χ0n) is 11.9. The van der Waals surface area contributed by atoms with Crippen LogP contribution in [0.2, 0.25) is 0 Å². The Kier molecular flexibility index (Phi) is 3.51. The van der Waals surface area contributed by atoms with Crippen molar-refractivity contribution < 1.29 is 13.2 Å². The van der Waals surface area contributed by atoms with Gasteiger partial charge >= 0.3 is 6.18 Å². The molecule has 0 aliphatic rings. The van der Waals surface area contributed by atoms with Crippen molar-refractivity contribution in [2.45, 2.75) is 13.1 Å². The number of aryl methyl sites for hydroxylation is 1. The monoisotopic (exact) mass is 320 g/mol. The lowest BCUT2D eigenvalue weighted by molar-refractivity contribution is -0.141. The van der Waals surface area contributed by atoms with Gasteiger partial charge in [0, 0.05) is 17.8 Å². The third-order valence-corrected chi connectivity index (χ3v) is 3.17. The second-order valence-corrected chi connectivity index (χ2v) is 4.96. The molecule has 3 rings (SSSR count). The van der Waals surface area contributed by atoms with E-state index in [2.05, 4.69) is 15.1 Å². The minimum absolute atomic E-state index is 0.0800. The highest BCUT2D eigenvalue weighted by molar-refractivity contribution is 5.59. The van der Waals surface area contributed by atoms with Crippen molar-refractivity contribution in [3.8, 4) is 17.2 Å². The van der Waals surface area contributed by atoms with Crippen LogP contribution in [0.3, 0.4) is 0 Å². The molecule has 0 bridgehead atoms. The Morgan fingerprint density at radius 1 is 1.13 bits per heavy atom. The number of nitrogens with one attached hydrogen (secondary N) is 1. The zero-order chi connectivity index (χ0) is 16.6. The molecule has 1 aromatic carbocycles. The summed E-state index contributed by atoms with van der Waals surface area (Å²) in [5.41, 5.74) is 0.551. The maximum absolute atomic E-state index is 12.6. The number of alkyl halides is 3. The van der Waals surface area contributed by atoms with Gasteiger partial charge in [0.2, 0.25) is 5.95 Å². The second kappa shape index (κ2) is 5.38. The average Bonchev–Trinajstić information content (AvgIpc) is 2.97. The van der Waals surface area contributed by atoms with Gasteiger partial charge in [-0.05, 0) is 13.0 Å². The van der Waals surface area contributed by atoms with Crippen LogP contribution in [0.1, 0.15) is 11.3 Å². The molecule has 0 spiro atoms. The fourth-order valence-electron chi connectivity index (χ4n) is 2.02. The van der Waals surface area contributed by atoms with Crippen molar-refractivity contribution in [2.75, 3.05) is 0 Å². The third kappa shape index (κ3) is 3.15. The lowest BCUT2D eigenvalue weighted by atomic mass is 10.1. The van der Waals surface area contributed by atoms with E-state index < -0.39 is 17.4 Å². The summed E-state index contributed by atoms with van der Waals surface area (Å²) in [5.74, 6) is -0.0800. The standard InChI is InChI=1S/C15H11F3N4O/c1-9-2-4-10(5-3-9)11-8-13(23)20-14(19-11)22-7-6-12(21-22)15(16,17)18/h2-8H,1H3,(H,19,20,23). The van der Waals surface area contributed by atoms with Crippen molar-refractivity contribution in [2.24, 2.45) is 0 Å². The van der Waals surface area contributed by atoms with Gasteiger partial charge in [-0.15, -0.1) is 0 Å². The molecule has 0 radical (unpaired) electrons. The molecule has 0 unspecified atom stereocenters. The van der Waals surface area contributed by atoms with Crippen LogP contribution in [-0.4, -0.2) is 19.7 Å². The quantitative estimate of drug-likeness (QED) is 0.789. The fraction of sp³-hybridized carbons (Fsp3) is 0.133. The molecule has 0 aliphatic carbocycles. The van der Waals surface area contributed by atoms with Crippen LogP contribution in [0.25, 0.3) is 17.2 Å². The highest BCUT2D eigenvalue weighted by Gasteiger charge is 2.33. The summed E-state index contributed by atoms with van der Waals surface area (Å²) in [5, 5.41) is 3.40. The summed E-state index contributed by atoms with van der Waals surface area (Å²) in [6, 6.07) is 9.37.